The third-order valence-corrected chi connectivity index (χ3v) is 4.79. The van der Waals surface area contributed by atoms with Gasteiger partial charge in [-0.3, -0.25) is 9.89 Å². The summed E-state index contributed by atoms with van der Waals surface area (Å²) in [5.74, 6) is 0.917. The van der Waals surface area contributed by atoms with Crippen molar-refractivity contribution in [2.24, 2.45) is 0 Å². The Labute approximate surface area is 133 Å². The lowest BCUT2D eigenvalue weighted by atomic mass is 9.95. The van der Waals surface area contributed by atoms with Crippen molar-refractivity contribution in [2.75, 3.05) is 6.54 Å². The van der Waals surface area contributed by atoms with Crippen molar-refractivity contribution in [3.63, 3.8) is 0 Å². The molecule has 3 heterocycles. The normalized spacial score (nSPS) is 19.5. The predicted octanol–water partition coefficient (Wildman–Crippen LogP) is 0.946. The van der Waals surface area contributed by atoms with Gasteiger partial charge >= 0.3 is 0 Å². The van der Waals surface area contributed by atoms with Crippen LogP contribution >= 0.6 is 0 Å². The highest BCUT2D eigenvalue weighted by molar-refractivity contribution is 5.94. The van der Waals surface area contributed by atoms with Gasteiger partial charge in [0.25, 0.3) is 5.91 Å². The average molecular weight is 316 g/mol. The van der Waals surface area contributed by atoms with Crippen LogP contribution in [0.5, 0.6) is 0 Å². The Morgan fingerprint density at radius 3 is 2.91 bits per heavy atom. The molecule has 2 aliphatic rings. The molecule has 23 heavy (non-hydrogen) atoms. The molecule has 1 aliphatic carbocycles. The third kappa shape index (κ3) is 2.42. The Morgan fingerprint density at radius 1 is 1.35 bits per heavy atom. The first-order valence-electron chi connectivity index (χ1n) is 8.08. The quantitative estimate of drug-likeness (QED) is 0.778. The van der Waals surface area contributed by atoms with Gasteiger partial charge in [-0.25, -0.2) is 0 Å². The molecular formula is C15H20N6O2. The van der Waals surface area contributed by atoms with E-state index in [2.05, 4.69) is 31.0 Å². The molecule has 0 bridgehead atoms. The molecule has 3 N–H and O–H groups in total. The number of aromatic nitrogens is 4. The number of rotatable bonds is 3. The van der Waals surface area contributed by atoms with Crippen molar-refractivity contribution in [1.29, 1.82) is 0 Å². The van der Waals surface area contributed by atoms with E-state index in [4.69, 9.17) is 4.52 Å². The maximum absolute atomic E-state index is 12.8. The lowest BCUT2D eigenvalue weighted by molar-refractivity contribution is 0.0885. The number of carbonyl (C=O) groups excluding carboxylic acids is 1. The van der Waals surface area contributed by atoms with Crippen LogP contribution in [0.25, 0.3) is 0 Å². The first-order valence-corrected chi connectivity index (χ1v) is 8.08. The fraction of sp³-hybridized carbons (Fsp3) is 0.600. The first-order chi connectivity index (χ1) is 11.2. The maximum Gasteiger partial charge on any atom is 0.272 e. The minimum absolute atomic E-state index is 0.171. The minimum Gasteiger partial charge on any atom is -0.340 e. The van der Waals surface area contributed by atoms with E-state index in [0.29, 0.717) is 24.0 Å². The van der Waals surface area contributed by atoms with E-state index < -0.39 is 5.54 Å². The van der Waals surface area contributed by atoms with Crippen LogP contribution in [-0.2, 0) is 18.5 Å². The van der Waals surface area contributed by atoms with Gasteiger partial charge in [0, 0.05) is 37.7 Å². The van der Waals surface area contributed by atoms with E-state index in [-0.39, 0.29) is 5.91 Å². The summed E-state index contributed by atoms with van der Waals surface area (Å²) in [5.41, 5.74) is 1.94. The summed E-state index contributed by atoms with van der Waals surface area (Å²) >= 11 is 0. The number of aromatic amines is 1. The molecule has 1 aliphatic heterocycles. The highest BCUT2D eigenvalue weighted by Gasteiger charge is 2.42. The van der Waals surface area contributed by atoms with Gasteiger partial charge in [-0.1, -0.05) is 18.0 Å². The summed E-state index contributed by atoms with van der Waals surface area (Å²) < 4.78 is 5.12. The molecule has 1 amide bonds. The Hall–Kier alpha value is -2.22. The zero-order valence-electron chi connectivity index (χ0n) is 13.1. The molecule has 0 atom stereocenters. The van der Waals surface area contributed by atoms with E-state index >= 15 is 0 Å². The minimum atomic E-state index is -0.539. The van der Waals surface area contributed by atoms with Gasteiger partial charge in [0.05, 0.1) is 0 Å². The number of carbonyl (C=O) groups is 1. The number of aryl methyl sites for hydroxylation is 1. The molecule has 1 fully saturated rings. The highest BCUT2D eigenvalue weighted by atomic mass is 16.5. The summed E-state index contributed by atoms with van der Waals surface area (Å²) in [6.07, 6.45) is 4.58. The van der Waals surface area contributed by atoms with Crippen molar-refractivity contribution in [3.05, 3.63) is 28.7 Å². The van der Waals surface area contributed by atoms with Crippen LogP contribution in [-0.4, -0.2) is 32.8 Å². The van der Waals surface area contributed by atoms with Crippen molar-refractivity contribution in [1.82, 2.24) is 31.0 Å². The van der Waals surface area contributed by atoms with Gasteiger partial charge in [0.15, 0.2) is 11.5 Å². The third-order valence-electron chi connectivity index (χ3n) is 4.79. The Morgan fingerprint density at radius 2 is 2.17 bits per heavy atom. The summed E-state index contributed by atoms with van der Waals surface area (Å²) in [5, 5.41) is 17.7. The largest absolute Gasteiger partial charge is 0.340 e. The standard InChI is InChI=1S/C15H20N6O2/c1-9-17-14(21-23-9)15(5-2-3-6-15)18-13(22)12-10-8-16-7-4-11(10)19-20-12/h16H,2-8H2,1H3,(H,18,22)(H,19,20). The molecule has 0 spiro atoms. The molecule has 2 aromatic heterocycles. The molecule has 8 heteroatoms. The van der Waals surface area contributed by atoms with Crippen molar-refractivity contribution >= 4 is 5.91 Å². The van der Waals surface area contributed by atoms with E-state index in [9.17, 15) is 4.79 Å². The summed E-state index contributed by atoms with van der Waals surface area (Å²) in [6, 6.07) is 0. The van der Waals surface area contributed by atoms with Gasteiger partial charge in [0.1, 0.15) is 5.54 Å². The Bertz CT molecular complexity index is 728. The van der Waals surface area contributed by atoms with Gasteiger partial charge < -0.3 is 15.2 Å². The van der Waals surface area contributed by atoms with Crippen LogP contribution in [0.1, 0.15) is 59.1 Å². The number of nitrogens with one attached hydrogen (secondary N) is 3. The van der Waals surface area contributed by atoms with Gasteiger partial charge in [0.2, 0.25) is 5.89 Å². The number of fused-ring (bicyclic) bond motifs is 1. The Kier molecular flexibility index (Phi) is 3.41. The fourth-order valence-electron chi connectivity index (χ4n) is 3.57. The molecule has 122 valence electrons. The second-order valence-corrected chi connectivity index (χ2v) is 6.34. The molecular weight excluding hydrogens is 296 g/mol. The molecule has 2 aromatic rings. The second-order valence-electron chi connectivity index (χ2n) is 6.34. The van der Waals surface area contributed by atoms with Gasteiger partial charge in [-0.15, -0.1) is 0 Å². The fourth-order valence-corrected chi connectivity index (χ4v) is 3.57. The number of hydrogen-bond donors (Lipinski definition) is 3. The van der Waals surface area contributed by atoms with Crippen LogP contribution in [0.3, 0.4) is 0 Å². The topological polar surface area (TPSA) is 109 Å². The second kappa shape index (κ2) is 5.45. The molecule has 0 aromatic carbocycles. The highest BCUT2D eigenvalue weighted by Crippen LogP contribution is 2.37. The lowest BCUT2D eigenvalue weighted by Crippen LogP contribution is -2.45. The van der Waals surface area contributed by atoms with Gasteiger partial charge in [-0.2, -0.15) is 10.1 Å². The zero-order chi connectivity index (χ0) is 15.9. The van der Waals surface area contributed by atoms with Crippen LogP contribution < -0.4 is 10.6 Å². The first kappa shape index (κ1) is 14.4. The number of nitrogens with zero attached hydrogens (tertiary/aromatic N) is 3. The van der Waals surface area contributed by atoms with E-state index in [1.807, 2.05) is 0 Å². The Balaban J connectivity index is 1.62. The monoisotopic (exact) mass is 316 g/mol. The van der Waals surface area contributed by atoms with Gasteiger partial charge in [-0.05, 0) is 12.8 Å². The lowest BCUT2D eigenvalue weighted by Gasteiger charge is -2.26. The van der Waals surface area contributed by atoms with E-state index in [1.54, 1.807) is 6.92 Å². The predicted molar refractivity (Wildman–Crippen MR) is 80.6 cm³/mol. The van der Waals surface area contributed by atoms with E-state index in [0.717, 1.165) is 49.9 Å². The molecule has 8 nitrogen and oxygen atoms in total. The van der Waals surface area contributed by atoms with Crippen LogP contribution in [0.2, 0.25) is 0 Å². The zero-order valence-corrected chi connectivity index (χ0v) is 13.1. The molecule has 4 rings (SSSR count). The molecule has 0 radical (unpaired) electrons. The SMILES string of the molecule is Cc1nc(C2(NC(=O)c3n[nH]c4c3CNCC4)CCCC2)no1. The van der Waals surface area contributed by atoms with Crippen molar-refractivity contribution in [2.45, 2.75) is 51.1 Å². The van der Waals surface area contributed by atoms with E-state index in [1.165, 1.54) is 0 Å². The van der Waals surface area contributed by atoms with Crippen LogP contribution in [0, 0.1) is 6.92 Å². The number of H-pyrrole nitrogens is 1. The van der Waals surface area contributed by atoms with Crippen LogP contribution in [0.15, 0.2) is 4.52 Å². The van der Waals surface area contributed by atoms with Crippen LogP contribution in [0.4, 0.5) is 0 Å². The number of amides is 1. The summed E-state index contributed by atoms with van der Waals surface area (Å²) in [7, 11) is 0. The summed E-state index contributed by atoms with van der Waals surface area (Å²) in [4.78, 5) is 17.2. The van der Waals surface area contributed by atoms with Crippen molar-refractivity contribution in [3.8, 4) is 0 Å². The number of hydrogen-bond acceptors (Lipinski definition) is 6. The smallest absolute Gasteiger partial charge is 0.272 e. The van der Waals surface area contributed by atoms with Crippen molar-refractivity contribution < 1.29 is 9.32 Å². The molecule has 0 unspecified atom stereocenters. The molecule has 0 saturated heterocycles. The molecule has 1 saturated carbocycles. The summed E-state index contributed by atoms with van der Waals surface area (Å²) in [6.45, 7) is 3.34. The average Bonchev–Trinajstić information content (AvgIpc) is 3.26. The maximum atomic E-state index is 12.8.